The maximum Gasteiger partial charge on any atom is 0.136 e. The van der Waals surface area contributed by atoms with Crippen LogP contribution < -0.4 is 22.1 Å². The van der Waals surface area contributed by atoms with Crippen molar-refractivity contribution in [2.24, 2.45) is 0 Å². The standard InChI is InChI=1S/2C7H16NO.C3H7NO2.BrH/c2*1-8(2)5-3-4-7(9)6-8;1-4(2)3(5)6;/h2*7,9H,3-6H2,1-2H3;1-2H3,(H,5,6);1H/q2*+1;;/p-2. The number of hydrogen-bond acceptors (Lipinski definition) is 4. The third-order valence-corrected chi connectivity index (χ3v) is 4.38. The molecule has 152 valence electrons. The summed E-state index contributed by atoms with van der Waals surface area (Å²) in [5.41, 5.74) is 0. The van der Waals surface area contributed by atoms with Crippen molar-refractivity contribution in [1.82, 2.24) is 4.90 Å². The molecule has 2 atom stereocenters. The number of hydrogen-bond donors (Lipinski definition) is 2. The highest BCUT2D eigenvalue weighted by atomic mass is 79.9. The molecule has 0 saturated carbocycles. The van der Waals surface area contributed by atoms with Crippen molar-refractivity contribution in [3.05, 3.63) is 0 Å². The molecule has 7 nitrogen and oxygen atoms in total. The van der Waals surface area contributed by atoms with Gasteiger partial charge in [-0.05, 0) is 25.7 Å². The minimum atomic E-state index is -1.16. The van der Waals surface area contributed by atoms with E-state index >= 15 is 0 Å². The number of likely N-dealkylation sites (N-methyl/N-ethyl adjacent to an activating group) is 2. The van der Waals surface area contributed by atoms with Crippen LogP contribution in [-0.4, -0.2) is 111 Å². The van der Waals surface area contributed by atoms with Gasteiger partial charge in [0.25, 0.3) is 0 Å². The van der Waals surface area contributed by atoms with E-state index in [1.807, 2.05) is 0 Å². The smallest absolute Gasteiger partial charge is 0.136 e. The van der Waals surface area contributed by atoms with Crippen LogP contribution in [0.5, 0.6) is 0 Å². The third kappa shape index (κ3) is 14.4. The summed E-state index contributed by atoms with van der Waals surface area (Å²) in [7, 11) is 11.5. The lowest BCUT2D eigenvalue weighted by molar-refractivity contribution is -0.898. The Labute approximate surface area is 163 Å². The quantitative estimate of drug-likeness (QED) is 0.390. The van der Waals surface area contributed by atoms with E-state index in [0.29, 0.717) is 0 Å². The lowest BCUT2D eigenvalue weighted by Gasteiger charge is -2.35. The van der Waals surface area contributed by atoms with Gasteiger partial charge in [-0.25, -0.2) is 0 Å². The highest BCUT2D eigenvalue weighted by Crippen LogP contribution is 2.13. The van der Waals surface area contributed by atoms with E-state index in [-0.39, 0.29) is 29.2 Å². The molecule has 0 aromatic rings. The predicted molar refractivity (Wildman–Crippen MR) is 93.2 cm³/mol. The molecule has 0 aromatic carbocycles. The first kappa shape index (κ1) is 26.8. The molecule has 1 amide bonds. The lowest BCUT2D eigenvalue weighted by atomic mass is 10.1. The average molecular weight is 428 g/mol. The van der Waals surface area contributed by atoms with Crippen molar-refractivity contribution in [2.45, 2.75) is 37.9 Å². The van der Waals surface area contributed by atoms with Gasteiger partial charge in [0.2, 0.25) is 0 Å². The highest BCUT2D eigenvalue weighted by Gasteiger charge is 2.25. The van der Waals surface area contributed by atoms with Crippen LogP contribution in [0.4, 0.5) is 4.79 Å². The highest BCUT2D eigenvalue weighted by molar-refractivity contribution is 5.61. The van der Waals surface area contributed by atoms with Gasteiger partial charge in [-0.3, -0.25) is 0 Å². The Kier molecular flexibility index (Phi) is 12.9. The van der Waals surface area contributed by atoms with Crippen molar-refractivity contribution in [3.63, 3.8) is 0 Å². The van der Waals surface area contributed by atoms with Crippen molar-refractivity contribution in [1.29, 1.82) is 0 Å². The molecule has 0 spiro atoms. The number of carbonyl (C=O) groups is 1. The molecular formula is C17H38BrN3O4. The van der Waals surface area contributed by atoms with Crippen LogP contribution in [0.1, 0.15) is 25.7 Å². The number of carbonyl (C=O) groups excluding carboxylic acids is 1. The first-order valence-corrected chi connectivity index (χ1v) is 8.73. The van der Waals surface area contributed by atoms with Gasteiger partial charge in [0, 0.05) is 14.1 Å². The lowest BCUT2D eigenvalue weighted by Crippen LogP contribution is -3.00. The molecule has 2 aliphatic heterocycles. The second-order valence-electron chi connectivity index (χ2n) is 8.44. The van der Waals surface area contributed by atoms with Gasteiger partial charge in [0.1, 0.15) is 31.4 Å². The number of rotatable bonds is 0. The van der Waals surface area contributed by atoms with Gasteiger partial charge in [-0.2, -0.15) is 0 Å². The van der Waals surface area contributed by atoms with E-state index in [2.05, 4.69) is 28.2 Å². The summed E-state index contributed by atoms with van der Waals surface area (Å²) in [6.07, 6.45) is 3.10. The molecule has 2 fully saturated rings. The molecule has 0 radical (unpaired) electrons. The van der Waals surface area contributed by atoms with Crippen LogP contribution in [0.25, 0.3) is 0 Å². The zero-order valence-electron chi connectivity index (χ0n) is 16.7. The summed E-state index contributed by atoms with van der Waals surface area (Å²) in [4.78, 5) is 10.5. The first-order valence-electron chi connectivity index (χ1n) is 8.73. The summed E-state index contributed by atoms with van der Waals surface area (Å²) in [6.45, 7) is 4.30. The fourth-order valence-electron chi connectivity index (χ4n) is 3.02. The van der Waals surface area contributed by atoms with Crippen LogP contribution in [0, 0.1) is 0 Å². The summed E-state index contributed by atoms with van der Waals surface area (Å²) >= 11 is 0. The van der Waals surface area contributed by atoms with Crippen LogP contribution in [-0.2, 0) is 0 Å². The fourth-order valence-corrected chi connectivity index (χ4v) is 3.02. The number of piperidine rings is 2. The Morgan fingerprint density at radius 1 is 0.920 bits per heavy atom. The molecule has 2 N–H and O–H groups in total. The molecule has 2 saturated heterocycles. The molecule has 25 heavy (non-hydrogen) atoms. The second kappa shape index (κ2) is 12.1. The number of carboxylic acid groups (broad SMARTS) is 1. The molecular weight excluding hydrogens is 390 g/mol. The summed E-state index contributed by atoms with van der Waals surface area (Å²) in [6, 6.07) is 0. The maximum atomic E-state index is 9.51. The normalized spacial score (nSPS) is 26.6. The molecule has 0 aromatic heterocycles. The minimum Gasteiger partial charge on any atom is -1.00 e. The van der Waals surface area contributed by atoms with Gasteiger partial charge in [0.15, 0.2) is 0 Å². The number of quaternary nitrogens is 2. The molecule has 2 heterocycles. The van der Waals surface area contributed by atoms with Gasteiger partial charge in [-0.1, -0.05) is 0 Å². The molecule has 2 unspecified atom stereocenters. The largest absolute Gasteiger partial charge is 1.00 e. The first-order chi connectivity index (χ1) is 10.8. The number of aliphatic hydroxyl groups is 2. The van der Waals surface area contributed by atoms with Gasteiger partial charge in [0.05, 0.1) is 41.3 Å². The summed E-state index contributed by atoms with van der Waals surface area (Å²) in [5.74, 6) is 0. The zero-order chi connectivity index (χ0) is 19.0. The number of aliphatic hydroxyl groups excluding tert-OH is 2. The number of likely N-dealkylation sites (tertiary alicyclic amines) is 2. The topological polar surface area (TPSA) is 83.8 Å². The van der Waals surface area contributed by atoms with Crippen LogP contribution in [0.3, 0.4) is 0 Å². The Hall–Kier alpha value is -0.410. The Morgan fingerprint density at radius 2 is 1.20 bits per heavy atom. The predicted octanol–water partition coefficient (Wildman–Crippen LogP) is -3.67. The molecule has 2 aliphatic rings. The van der Waals surface area contributed by atoms with Gasteiger partial charge >= 0.3 is 0 Å². The van der Waals surface area contributed by atoms with Crippen LogP contribution in [0.15, 0.2) is 0 Å². The van der Waals surface area contributed by atoms with Crippen molar-refractivity contribution >= 4 is 6.09 Å². The molecule has 8 heteroatoms. The van der Waals surface area contributed by atoms with E-state index in [0.717, 1.165) is 39.8 Å². The summed E-state index contributed by atoms with van der Waals surface area (Å²) in [5, 5.41) is 28.0. The third-order valence-electron chi connectivity index (χ3n) is 4.38. The summed E-state index contributed by atoms with van der Waals surface area (Å²) < 4.78 is 1.97. The number of amides is 1. The number of halogens is 1. The van der Waals surface area contributed by atoms with E-state index in [4.69, 9.17) is 0 Å². The SMILES string of the molecule is CN(C)C(=O)[O-].C[N+]1(C)CCCC(O)C1.C[N+]1(C)CCCC(O)C1.[Br-]. The monoisotopic (exact) mass is 427 g/mol. The average Bonchev–Trinajstić information content (AvgIpc) is 2.36. The van der Waals surface area contributed by atoms with Crippen LogP contribution in [0.2, 0.25) is 0 Å². The maximum absolute atomic E-state index is 9.51. The van der Waals surface area contributed by atoms with Crippen molar-refractivity contribution < 1.29 is 46.1 Å². The second-order valence-corrected chi connectivity index (χ2v) is 8.44. The Bertz CT molecular complexity index is 353. The number of nitrogens with zero attached hydrogens (tertiary/aromatic N) is 3. The van der Waals surface area contributed by atoms with E-state index in [9.17, 15) is 20.1 Å². The molecule has 2 rings (SSSR count). The van der Waals surface area contributed by atoms with E-state index in [1.165, 1.54) is 40.0 Å². The van der Waals surface area contributed by atoms with Gasteiger partial charge in [-0.15, -0.1) is 0 Å². The Balaban J connectivity index is 0. The molecule has 0 bridgehead atoms. The Morgan fingerprint density at radius 3 is 1.32 bits per heavy atom. The van der Waals surface area contributed by atoms with Gasteiger partial charge < -0.3 is 51.0 Å². The minimum absolute atomic E-state index is 0. The van der Waals surface area contributed by atoms with E-state index in [1.54, 1.807) is 0 Å². The van der Waals surface area contributed by atoms with Crippen LogP contribution >= 0.6 is 0 Å². The molecule has 0 aliphatic carbocycles. The van der Waals surface area contributed by atoms with E-state index < -0.39 is 6.09 Å². The fraction of sp³-hybridized carbons (Fsp3) is 0.941. The van der Waals surface area contributed by atoms with Crippen molar-refractivity contribution in [3.8, 4) is 0 Å². The van der Waals surface area contributed by atoms with Crippen molar-refractivity contribution in [2.75, 3.05) is 68.5 Å². The zero-order valence-corrected chi connectivity index (χ0v) is 18.3.